The number of hydrogen-bond acceptors (Lipinski definition) is 7. The first-order valence-corrected chi connectivity index (χ1v) is 10.8. The molecule has 0 amide bonds. The molecule has 4 rings (SSSR count). The van der Waals surface area contributed by atoms with E-state index in [4.69, 9.17) is 9.73 Å². The van der Waals surface area contributed by atoms with Crippen molar-refractivity contribution in [1.29, 1.82) is 0 Å². The SMILES string of the molecule is COCC[C@H]1CN(C2=Nc3ccccc3Nc3sc(C(F)(F)F)nc32)CCN1CCF.Cl.Cl. The number of methoxy groups -OCH3 is 1. The molecule has 2 aromatic rings. The molecule has 1 atom stereocenters. The van der Waals surface area contributed by atoms with Gasteiger partial charge in [-0.15, -0.1) is 24.8 Å². The topological polar surface area (TPSA) is 53.0 Å². The Bertz CT molecular complexity index is 959. The van der Waals surface area contributed by atoms with Gasteiger partial charge in [-0.3, -0.25) is 4.90 Å². The number of anilines is 2. The van der Waals surface area contributed by atoms with Crippen LogP contribution < -0.4 is 5.32 Å². The Morgan fingerprint density at radius 2 is 1.97 bits per heavy atom. The number of halogens is 6. The molecule has 3 heterocycles. The van der Waals surface area contributed by atoms with Crippen LogP contribution in [0.4, 0.5) is 33.9 Å². The van der Waals surface area contributed by atoms with Gasteiger partial charge >= 0.3 is 6.18 Å². The molecule has 2 aliphatic heterocycles. The lowest BCUT2D eigenvalue weighted by Gasteiger charge is -2.42. The first-order valence-electron chi connectivity index (χ1n) is 9.97. The second-order valence-corrected chi connectivity index (χ2v) is 8.38. The van der Waals surface area contributed by atoms with E-state index in [9.17, 15) is 17.6 Å². The van der Waals surface area contributed by atoms with Gasteiger partial charge in [-0.2, -0.15) is 13.2 Å². The van der Waals surface area contributed by atoms with Crippen molar-refractivity contribution in [2.45, 2.75) is 18.6 Å². The van der Waals surface area contributed by atoms with Crippen LogP contribution in [0.1, 0.15) is 17.1 Å². The molecule has 1 aromatic carbocycles. The van der Waals surface area contributed by atoms with E-state index in [-0.39, 0.29) is 36.5 Å². The van der Waals surface area contributed by atoms with Gasteiger partial charge in [-0.1, -0.05) is 23.5 Å². The summed E-state index contributed by atoms with van der Waals surface area (Å²) in [6.07, 6.45) is -3.85. The number of alkyl halides is 4. The van der Waals surface area contributed by atoms with Crippen molar-refractivity contribution in [3.8, 4) is 0 Å². The molecular formula is C20H25Cl2F4N5OS. The summed E-state index contributed by atoms with van der Waals surface area (Å²) >= 11 is 0.576. The van der Waals surface area contributed by atoms with Crippen molar-refractivity contribution < 1.29 is 22.3 Å². The van der Waals surface area contributed by atoms with E-state index < -0.39 is 17.9 Å². The van der Waals surface area contributed by atoms with Crippen LogP contribution in [-0.2, 0) is 10.9 Å². The average molecular weight is 530 g/mol. The van der Waals surface area contributed by atoms with Crippen molar-refractivity contribution >= 4 is 58.4 Å². The lowest BCUT2D eigenvalue weighted by atomic mass is 10.1. The van der Waals surface area contributed by atoms with Crippen LogP contribution in [0.3, 0.4) is 0 Å². The number of nitrogens with zero attached hydrogens (tertiary/aromatic N) is 4. The molecule has 2 aliphatic rings. The summed E-state index contributed by atoms with van der Waals surface area (Å²) in [6, 6.07) is 7.22. The maximum absolute atomic E-state index is 13.4. The smallest absolute Gasteiger partial charge is 0.385 e. The van der Waals surface area contributed by atoms with E-state index in [1.165, 1.54) is 0 Å². The summed E-state index contributed by atoms with van der Waals surface area (Å²) in [5, 5.41) is 2.48. The van der Waals surface area contributed by atoms with Crippen LogP contribution in [-0.4, -0.2) is 73.2 Å². The summed E-state index contributed by atoms with van der Waals surface area (Å²) in [7, 11) is 1.61. The third-order valence-electron chi connectivity index (χ3n) is 5.39. The zero-order valence-corrected chi connectivity index (χ0v) is 20.2. The molecule has 33 heavy (non-hydrogen) atoms. The standard InChI is InChI=1S/C20H23F4N5OS.2ClH/c1-30-11-6-13-12-29(10-9-28(13)8-7-21)17-16-18(31-19(27-16)20(22,23)24)26-15-5-3-2-4-14(15)25-17;;/h2-5,13,26H,6-12H2,1H3;2*1H/t13-;;/m0../s1. The van der Waals surface area contributed by atoms with Crippen LogP contribution in [0.2, 0.25) is 0 Å². The predicted molar refractivity (Wildman–Crippen MR) is 127 cm³/mol. The maximum Gasteiger partial charge on any atom is 0.443 e. The van der Waals surface area contributed by atoms with Crippen LogP contribution >= 0.6 is 36.2 Å². The number of para-hydroxylation sites is 2. The van der Waals surface area contributed by atoms with Gasteiger partial charge in [0.05, 0.1) is 11.4 Å². The number of benzene rings is 1. The Balaban J connectivity index is 0.00000193. The number of piperazine rings is 1. The minimum atomic E-state index is -4.54. The fraction of sp³-hybridized carbons (Fsp3) is 0.500. The highest BCUT2D eigenvalue weighted by Crippen LogP contribution is 2.42. The van der Waals surface area contributed by atoms with E-state index in [2.05, 4.69) is 15.2 Å². The molecule has 0 aliphatic carbocycles. The van der Waals surface area contributed by atoms with Gasteiger partial charge in [0, 0.05) is 45.9 Å². The van der Waals surface area contributed by atoms with Gasteiger partial charge in [-0.05, 0) is 18.6 Å². The van der Waals surface area contributed by atoms with Crippen molar-refractivity contribution in [3.05, 3.63) is 35.0 Å². The molecule has 1 aromatic heterocycles. The molecule has 0 saturated carbocycles. The Morgan fingerprint density at radius 3 is 2.67 bits per heavy atom. The van der Waals surface area contributed by atoms with Crippen LogP contribution in [0.15, 0.2) is 29.3 Å². The van der Waals surface area contributed by atoms with Crippen molar-refractivity contribution in [2.24, 2.45) is 4.99 Å². The van der Waals surface area contributed by atoms with E-state index in [1.54, 1.807) is 19.2 Å². The number of amidine groups is 1. The van der Waals surface area contributed by atoms with E-state index in [0.717, 1.165) is 0 Å². The summed E-state index contributed by atoms with van der Waals surface area (Å²) in [5.74, 6) is 0.404. The average Bonchev–Trinajstić information content (AvgIpc) is 3.10. The van der Waals surface area contributed by atoms with Gasteiger partial charge in [0.25, 0.3) is 0 Å². The quantitative estimate of drug-likeness (QED) is 0.544. The minimum Gasteiger partial charge on any atom is -0.385 e. The molecule has 184 valence electrons. The third-order valence-corrected chi connectivity index (χ3v) is 6.41. The van der Waals surface area contributed by atoms with E-state index in [1.807, 2.05) is 17.0 Å². The fourth-order valence-electron chi connectivity index (χ4n) is 3.88. The zero-order valence-electron chi connectivity index (χ0n) is 17.8. The Kier molecular flexibility index (Phi) is 9.74. The fourth-order valence-corrected chi connectivity index (χ4v) is 4.72. The molecule has 13 heteroatoms. The Hall–Kier alpha value is -1.66. The van der Waals surface area contributed by atoms with Crippen molar-refractivity contribution in [3.63, 3.8) is 0 Å². The molecule has 0 bridgehead atoms. The summed E-state index contributed by atoms with van der Waals surface area (Å²) in [4.78, 5) is 12.7. The van der Waals surface area contributed by atoms with Crippen LogP contribution in [0.5, 0.6) is 0 Å². The highest BCUT2D eigenvalue weighted by Gasteiger charge is 2.39. The molecular weight excluding hydrogens is 505 g/mol. The second-order valence-electron chi connectivity index (χ2n) is 7.38. The lowest BCUT2D eigenvalue weighted by Crippen LogP contribution is -2.55. The van der Waals surface area contributed by atoms with Crippen molar-refractivity contribution in [2.75, 3.05) is 51.9 Å². The number of aromatic nitrogens is 1. The molecule has 0 unspecified atom stereocenters. The van der Waals surface area contributed by atoms with E-state index in [0.29, 0.717) is 72.8 Å². The second kappa shape index (κ2) is 11.7. The van der Waals surface area contributed by atoms with Crippen LogP contribution in [0.25, 0.3) is 0 Å². The zero-order chi connectivity index (χ0) is 22.0. The normalized spacial score (nSPS) is 18.2. The number of ether oxygens (including phenoxy) is 1. The van der Waals surface area contributed by atoms with Crippen molar-refractivity contribution in [1.82, 2.24) is 14.8 Å². The number of fused-ring (bicyclic) bond motifs is 2. The minimum absolute atomic E-state index is 0. The monoisotopic (exact) mass is 529 g/mol. The first-order chi connectivity index (χ1) is 14.9. The first kappa shape index (κ1) is 27.6. The number of hydrogen-bond donors (Lipinski definition) is 1. The molecule has 1 N–H and O–H groups in total. The number of thiazole rings is 1. The number of nitrogens with one attached hydrogen (secondary N) is 1. The largest absolute Gasteiger partial charge is 0.443 e. The van der Waals surface area contributed by atoms with Gasteiger partial charge in [0.15, 0.2) is 5.84 Å². The molecule has 0 radical (unpaired) electrons. The highest BCUT2D eigenvalue weighted by atomic mass is 35.5. The summed E-state index contributed by atoms with van der Waals surface area (Å²) < 4.78 is 58.4. The molecule has 6 nitrogen and oxygen atoms in total. The third kappa shape index (κ3) is 6.07. The Morgan fingerprint density at radius 1 is 1.21 bits per heavy atom. The number of aliphatic imine (C=N–C) groups is 1. The van der Waals surface area contributed by atoms with Gasteiger partial charge in [0.2, 0.25) is 5.01 Å². The lowest BCUT2D eigenvalue weighted by molar-refractivity contribution is -0.137. The van der Waals surface area contributed by atoms with Gasteiger partial charge in [0.1, 0.15) is 17.4 Å². The van der Waals surface area contributed by atoms with Gasteiger partial charge in [-0.25, -0.2) is 14.4 Å². The molecule has 1 fully saturated rings. The Labute approximate surface area is 205 Å². The molecule has 1 saturated heterocycles. The highest BCUT2D eigenvalue weighted by molar-refractivity contribution is 7.16. The summed E-state index contributed by atoms with van der Waals surface area (Å²) in [5.41, 5.74) is 1.46. The van der Waals surface area contributed by atoms with Crippen LogP contribution in [0, 0.1) is 0 Å². The van der Waals surface area contributed by atoms with E-state index >= 15 is 0 Å². The number of rotatable bonds is 5. The summed E-state index contributed by atoms with van der Waals surface area (Å²) in [6.45, 7) is 1.98. The molecule has 0 spiro atoms. The maximum atomic E-state index is 13.4. The predicted octanol–water partition coefficient (Wildman–Crippen LogP) is 5.13. The van der Waals surface area contributed by atoms with Gasteiger partial charge < -0.3 is 15.0 Å².